The summed E-state index contributed by atoms with van der Waals surface area (Å²) in [7, 11) is 0. The molecule has 3 nitrogen and oxygen atoms in total. The van der Waals surface area contributed by atoms with Crippen LogP contribution in [0.3, 0.4) is 0 Å². The zero-order valence-corrected chi connectivity index (χ0v) is 15.2. The van der Waals surface area contributed by atoms with E-state index in [4.69, 9.17) is 16.3 Å². The number of ether oxygens (including phenoxy) is 1. The van der Waals surface area contributed by atoms with Gasteiger partial charge in [-0.1, -0.05) is 11.6 Å². The topological polar surface area (TPSA) is 38.3 Å². The first kappa shape index (κ1) is 16.7. The lowest BCUT2D eigenvalue weighted by molar-refractivity contribution is -0.121. The fourth-order valence-electron chi connectivity index (χ4n) is 2.61. The lowest BCUT2D eigenvalue weighted by Gasteiger charge is -2.12. The van der Waals surface area contributed by atoms with Crippen LogP contribution >= 0.6 is 34.7 Å². The van der Waals surface area contributed by atoms with E-state index in [1.54, 1.807) is 23.1 Å². The van der Waals surface area contributed by atoms with Gasteiger partial charge in [0.15, 0.2) is 0 Å². The number of hydrogen-bond donors (Lipinski definition) is 1. The molecular formula is C17H18ClNO2S2. The highest BCUT2D eigenvalue weighted by Crippen LogP contribution is 2.39. The molecule has 0 radical (unpaired) electrons. The minimum atomic E-state index is -0.0431. The molecular weight excluding hydrogens is 350 g/mol. The Morgan fingerprint density at radius 1 is 1.48 bits per heavy atom. The molecule has 1 aliphatic rings. The number of hydrogen-bond acceptors (Lipinski definition) is 4. The highest BCUT2D eigenvalue weighted by atomic mass is 35.5. The van der Waals surface area contributed by atoms with Crippen LogP contribution < -0.4 is 10.1 Å². The second-order valence-corrected chi connectivity index (χ2v) is 7.62. The molecule has 1 aromatic carbocycles. The average Bonchev–Trinajstić information content (AvgIpc) is 3.20. The number of halogens is 1. The van der Waals surface area contributed by atoms with E-state index in [0.717, 1.165) is 29.1 Å². The van der Waals surface area contributed by atoms with E-state index in [0.29, 0.717) is 18.0 Å². The molecule has 2 aromatic rings. The van der Waals surface area contributed by atoms with Crippen molar-refractivity contribution in [1.29, 1.82) is 0 Å². The predicted octanol–water partition coefficient (Wildman–Crippen LogP) is 4.24. The summed E-state index contributed by atoms with van der Waals surface area (Å²) in [5.74, 6) is 1.67. The molecule has 0 saturated heterocycles. The smallest absolute Gasteiger partial charge is 0.220 e. The van der Waals surface area contributed by atoms with Crippen molar-refractivity contribution < 1.29 is 9.53 Å². The Kier molecular flexibility index (Phi) is 5.51. The van der Waals surface area contributed by atoms with Crippen molar-refractivity contribution in [3.63, 3.8) is 0 Å². The maximum Gasteiger partial charge on any atom is 0.220 e. The molecule has 23 heavy (non-hydrogen) atoms. The zero-order valence-electron chi connectivity index (χ0n) is 12.8. The van der Waals surface area contributed by atoms with Gasteiger partial charge >= 0.3 is 0 Å². The highest BCUT2D eigenvalue weighted by molar-refractivity contribution is 7.98. The van der Waals surface area contributed by atoms with E-state index in [-0.39, 0.29) is 12.0 Å². The molecule has 122 valence electrons. The highest BCUT2D eigenvalue weighted by Gasteiger charge is 2.26. The minimum absolute atomic E-state index is 0.0431. The molecule has 1 aromatic heterocycles. The molecule has 0 saturated carbocycles. The number of rotatable bonds is 6. The molecule has 2 heterocycles. The molecule has 1 N–H and O–H groups in total. The molecule has 1 aliphatic heterocycles. The van der Waals surface area contributed by atoms with Crippen molar-refractivity contribution in [2.75, 3.05) is 18.6 Å². The summed E-state index contributed by atoms with van der Waals surface area (Å²) in [6.45, 7) is 0.520. The van der Waals surface area contributed by atoms with Gasteiger partial charge in [0.05, 0.1) is 11.6 Å². The van der Waals surface area contributed by atoms with E-state index >= 15 is 0 Å². The summed E-state index contributed by atoms with van der Waals surface area (Å²) in [5, 5.41) is 7.74. The summed E-state index contributed by atoms with van der Waals surface area (Å²) in [5.41, 5.74) is 3.40. The van der Waals surface area contributed by atoms with Gasteiger partial charge in [0.2, 0.25) is 5.91 Å². The molecule has 0 spiro atoms. The van der Waals surface area contributed by atoms with E-state index in [9.17, 15) is 4.79 Å². The second-order valence-electron chi connectivity index (χ2n) is 5.45. The van der Waals surface area contributed by atoms with Crippen LogP contribution in [0.15, 0.2) is 29.0 Å². The molecule has 6 heteroatoms. The van der Waals surface area contributed by atoms with Crippen molar-refractivity contribution in [3.05, 3.63) is 39.5 Å². The molecule has 0 fully saturated rings. The normalized spacial score (nSPS) is 16.0. The Labute approximate surface area is 149 Å². The van der Waals surface area contributed by atoms with Gasteiger partial charge in [-0.25, -0.2) is 0 Å². The summed E-state index contributed by atoms with van der Waals surface area (Å²) in [4.78, 5) is 11.7. The molecule has 3 rings (SSSR count). The third-order valence-corrected chi connectivity index (χ3v) is 5.34. The first-order valence-electron chi connectivity index (χ1n) is 7.44. The van der Waals surface area contributed by atoms with Crippen molar-refractivity contribution in [2.24, 2.45) is 0 Å². The third-order valence-electron chi connectivity index (χ3n) is 3.77. The SMILES string of the molecule is CSCCC(=O)NC[C@@H]1Cc2cc(-c3ccsc3)cc(Cl)c2O1. The minimum Gasteiger partial charge on any atom is -0.486 e. The number of fused-ring (bicyclic) bond motifs is 1. The van der Waals surface area contributed by atoms with Crippen LogP contribution in [0.4, 0.5) is 0 Å². The van der Waals surface area contributed by atoms with E-state index < -0.39 is 0 Å². The van der Waals surface area contributed by atoms with Gasteiger partial charge in [-0.15, -0.1) is 0 Å². The van der Waals surface area contributed by atoms with E-state index in [1.165, 1.54) is 5.56 Å². The quantitative estimate of drug-likeness (QED) is 0.829. The first-order valence-corrected chi connectivity index (χ1v) is 10.2. The Hall–Kier alpha value is -1.17. The number of thioether (sulfide) groups is 1. The first-order chi connectivity index (χ1) is 11.2. The fourth-order valence-corrected chi connectivity index (χ4v) is 3.95. The summed E-state index contributed by atoms with van der Waals surface area (Å²) < 4.78 is 5.92. The molecule has 1 atom stereocenters. The monoisotopic (exact) mass is 367 g/mol. The Morgan fingerprint density at radius 3 is 3.09 bits per heavy atom. The predicted molar refractivity (Wildman–Crippen MR) is 98.9 cm³/mol. The standard InChI is InChI=1S/C17H18ClNO2S2/c1-22-4-3-16(20)19-9-14-7-13-6-12(11-2-5-23-10-11)8-15(18)17(13)21-14/h2,5-6,8,10,14H,3-4,7,9H2,1H3,(H,19,20)/t14-/m0/s1. The van der Waals surface area contributed by atoms with Gasteiger partial charge in [-0.3, -0.25) is 4.79 Å². The van der Waals surface area contributed by atoms with Gasteiger partial charge in [-0.05, 0) is 46.3 Å². The van der Waals surface area contributed by atoms with Gasteiger partial charge in [0, 0.05) is 24.2 Å². The maximum absolute atomic E-state index is 11.7. The van der Waals surface area contributed by atoms with E-state index in [2.05, 4.69) is 28.2 Å². The number of carbonyl (C=O) groups excluding carboxylic acids is 1. The van der Waals surface area contributed by atoms with Gasteiger partial charge < -0.3 is 10.1 Å². The summed E-state index contributed by atoms with van der Waals surface area (Å²) in [6.07, 6.45) is 3.27. The van der Waals surface area contributed by atoms with Crippen LogP contribution in [0, 0.1) is 0 Å². The maximum atomic E-state index is 11.7. The van der Waals surface area contributed by atoms with Crippen LogP contribution in [-0.4, -0.2) is 30.6 Å². The van der Waals surface area contributed by atoms with Crippen LogP contribution in [0.25, 0.3) is 11.1 Å². The largest absolute Gasteiger partial charge is 0.486 e. The number of benzene rings is 1. The Bertz CT molecular complexity index is 688. The van der Waals surface area contributed by atoms with Crippen LogP contribution in [0.5, 0.6) is 5.75 Å². The molecule has 0 unspecified atom stereocenters. The van der Waals surface area contributed by atoms with Crippen LogP contribution in [0.2, 0.25) is 5.02 Å². The van der Waals surface area contributed by atoms with Gasteiger partial charge in [0.1, 0.15) is 11.9 Å². The lowest BCUT2D eigenvalue weighted by atomic mass is 10.0. The molecule has 0 aliphatic carbocycles. The van der Waals surface area contributed by atoms with Crippen molar-refractivity contribution in [3.8, 4) is 16.9 Å². The third kappa shape index (κ3) is 4.03. The molecule has 1 amide bonds. The van der Waals surface area contributed by atoms with Crippen molar-refractivity contribution >= 4 is 40.6 Å². The number of thiophene rings is 1. The zero-order chi connectivity index (χ0) is 16.2. The molecule has 0 bridgehead atoms. The Morgan fingerprint density at radius 2 is 2.35 bits per heavy atom. The lowest BCUT2D eigenvalue weighted by Crippen LogP contribution is -2.34. The van der Waals surface area contributed by atoms with Gasteiger partial charge in [-0.2, -0.15) is 23.1 Å². The van der Waals surface area contributed by atoms with Crippen molar-refractivity contribution in [2.45, 2.75) is 18.9 Å². The average molecular weight is 368 g/mol. The van der Waals surface area contributed by atoms with Crippen LogP contribution in [0.1, 0.15) is 12.0 Å². The van der Waals surface area contributed by atoms with Gasteiger partial charge in [0.25, 0.3) is 0 Å². The number of nitrogens with one attached hydrogen (secondary N) is 1. The summed E-state index contributed by atoms with van der Waals surface area (Å²) in [6, 6.07) is 6.17. The number of carbonyl (C=O) groups is 1. The summed E-state index contributed by atoms with van der Waals surface area (Å²) >= 11 is 9.72. The second kappa shape index (κ2) is 7.60. The Balaban J connectivity index is 1.64. The fraction of sp³-hybridized carbons (Fsp3) is 0.353. The number of amides is 1. The van der Waals surface area contributed by atoms with Crippen molar-refractivity contribution in [1.82, 2.24) is 5.32 Å². The van der Waals surface area contributed by atoms with E-state index in [1.807, 2.05) is 12.3 Å². The van der Waals surface area contributed by atoms with Crippen LogP contribution in [-0.2, 0) is 11.2 Å².